The van der Waals surface area contributed by atoms with Crippen LogP contribution in [0.25, 0.3) is 0 Å². The number of amides is 1. The molecule has 1 aliphatic rings. The molecule has 1 fully saturated rings. The number of carbonyl (C=O) groups excluding carboxylic acids is 1. The Kier molecular flexibility index (Phi) is 5.96. The quantitative estimate of drug-likeness (QED) is 0.772. The molecule has 0 spiro atoms. The van der Waals surface area contributed by atoms with Crippen LogP contribution < -0.4 is 5.32 Å². The van der Waals surface area contributed by atoms with Crippen molar-refractivity contribution in [2.75, 3.05) is 19.6 Å². The van der Waals surface area contributed by atoms with Crippen LogP contribution in [0.5, 0.6) is 0 Å². The van der Waals surface area contributed by atoms with Gasteiger partial charge in [0, 0.05) is 13.1 Å². The molecule has 0 aromatic carbocycles. The number of likely N-dealkylation sites (N-methyl/N-ethyl adjacent to an activating group) is 1. The normalized spacial score (nSPS) is 24.3. The van der Waals surface area contributed by atoms with Gasteiger partial charge >= 0.3 is 0 Å². The van der Waals surface area contributed by atoms with Crippen molar-refractivity contribution in [3.63, 3.8) is 0 Å². The van der Waals surface area contributed by atoms with E-state index < -0.39 is 0 Å². The second kappa shape index (κ2) is 7.00. The average molecular weight is 240 g/mol. The molecule has 2 unspecified atom stereocenters. The van der Waals surface area contributed by atoms with Crippen LogP contribution in [-0.4, -0.2) is 36.5 Å². The van der Waals surface area contributed by atoms with Crippen LogP contribution in [-0.2, 0) is 4.79 Å². The molecule has 1 amide bonds. The first-order valence-electron chi connectivity index (χ1n) is 7.16. The van der Waals surface area contributed by atoms with Crippen molar-refractivity contribution >= 4 is 5.91 Å². The Morgan fingerprint density at radius 1 is 1.35 bits per heavy atom. The molecule has 0 aliphatic carbocycles. The van der Waals surface area contributed by atoms with Crippen molar-refractivity contribution in [2.24, 2.45) is 11.8 Å². The highest BCUT2D eigenvalue weighted by Crippen LogP contribution is 2.18. The predicted octanol–water partition coefficient (Wildman–Crippen LogP) is 2.27. The van der Waals surface area contributed by atoms with Gasteiger partial charge in [0.15, 0.2) is 0 Å². The van der Waals surface area contributed by atoms with Crippen LogP contribution in [0, 0.1) is 11.8 Å². The zero-order valence-electron chi connectivity index (χ0n) is 11.8. The molecule has 3 nitrogen and oxygen atoms in total. The van der Waals surface area contributed by atoms with Gasteiger partial charge < -0.3 is 10.2 Å². The van der Waals surface area contributed by atoms with Gasteiger partial charge in [-0.2, -0.15) is 0 Å². The lowest BCUT2D eigenvalue weighted by atomic mass is 9.99. The molecule has 3 heteroatoms. The molecule has 0 aromatic heterocycles. The Morgan fingerprint density at radius 3 is 2.41 bits per heavy atom. The lowest BCUT2D eigenvalue weighted by molar-refractivity contribution is -0.134. The van der Waals surface area contributed by atoms with E-state index in [9.17, 15) is 4.79 Å². The predicted molar refractivity (Wildman–Crippen MR) is 71.9 cm³/mol. The molecule has 0 bridgehead atoms. The van der Waals surface area contributed by atoms with Crippen molar-refractivity contribution < 1.29 is 4.79 Å². The van der Waals surface area contributed by atoms with E-state index in [0.29, 0.717) is 17.7 Å². The molecule has 1 rings (SSSR count). The van der Waals surface area contributed by atoms with Crippen molar-refractivity contribution in [2.45, 2.75) is 53.0 Å². The van der Waals surface area contributed by atoms with Gasteiger partial charge in [-0.3, -0.25) is 4.79 Å². The third-order valence-electron chi connectivity index (χ3n) is 4.13. The second-order valence-corrected chi connectivity index (χ2v) is 5.26. The van der Waals surface area contributed by atoms with Crippen LogP contribution in [0.4, 0.5) is 0 Å². The standard InChI is InChI=1S/C14H28N2O/c1-5-12(6-2)10-16(7-3)14(17)13-11(4)8-9-15-13/h11-13,15H,5-10H2,1-4H3. The Bertz CT molecular complexity index is 238. The summed E-state index contributed by atoms with van der Waals surface area (Å²) in [5, 5.41) is 3.34. The fraction of sp³-hybridized carbons (Fsp3) is 0.929. The molecule has 0 aromatic rings. The minimum absolute atomic E-state index is 0.0595. The van der Waals surface area contributed by atoms with Crippen LogP contribution >= 0.6 is 0 Å². The molecule has 1 heterocycles. The summed E-state index contributed by atoms with van der Waals surface area (Å²) >= 11 is 0. The van der Waals surface area contributed by atoms with Crippen molar-refractivity contribution in [1.82, 2.24) is 10.2 Å². The topological polar surface area (TPSA) is 32.3 Å². The second-order valence-electron chi connectivity index (χ2n) is 5.26. The van der Waals surface area contributed by atoms with Gasteiger partial charge in [0.2, 0.25) is 5.91 Å². The zero-order valence-corrected chi connectivity index (χ0v) is 11.8. The van der Waals surface area contributed by atoms with Gasteiger partial charge in [-0.25, -0.2) is 0 Å². The van der Waals surface area contributed by atoms with Crippen LogP contribution in [0.1, 0.15) is 47.0 Å². The molecule has 100 valence electrons. The van der Waals surface area contributed by atoms with Gasteiger partial charge in [-0.1, -0.05) is 33.6 Å². The summed E-state index contributed by atoms with van der Waals surface area (Å²) in [6.45, 7) is 11.4. The Morgan fingerprint density at radius 2 is 2.00 bits per heavy atom. The van der Waals surface area contributed by atoms with E-state index in [1.165, 1.54) is 0 Å². The number of hydrogen-bond acceptors (Lipinski definition) is 2. The first-order valence-corrected chi connectivity index (χ1v) is 7.16. The molecular formula is C14H28N2O. The highest BCUT2D eigenvalue weighted by molar-refractivity contribution is 5.82. The maximum absolute atomic E-state index is 12.4. The van der Waals surface area contributed by atoms with Gasteiger partial charge in [0.1, 0.15) is 0 Å². The molecule has 0 radical (unpaired) electrons. The summed E-state index contributed by atoms with van der Waals surface area (Å²) in [4.78, 5) is 14.5. The van der Waals surface area contributed by atoms with E-state index in [2.05, 4.69) is 33.0 Å². The Hall–Kier alpha value is -0.570. The maximum atomic E-state index is 12.4. The summed E-state index contributed by atoms with van der Waals surface area (Å²) < 4.78 is 0. The summed E-state index contributed by atoms with van der Waals surface area (Å²) in [6, 6.07) is 0.0595. The number of rotatable bonds is 6. The number of nitrogens with zero attached hydrogens (tertiary/aromatic N) is 1. The van der Waals surface area contributed by atoms with Gasteiger partial charge in [-0.05, 0) is 31.7 Å². The SMILES string of the molecule is CCC(CC)CN(CC)C(=O)C1NCCC1C. The summed E-state index contributed by atoms with van der Waals surface area (Å²) in [5.74, 6) is 1.44. The van der Waals surface area contributed by atoms with Crippen LogP contribution in [0.15, 0.2) is 0 Å². The van der Waals surface area contributed by atoms with Crippen molar-refractivity contribution in [3.8, 4) is 0 Å². The summed E-state index contributed by atoms with van der Waals surface area (Å²) in [6.07, 6.45) is 3.45. The lowest BCUT2D eigenvalue weighted by Crippen LogP contribution is -2.47. The average Bonchev–Trinajstić information content (AvgIpc) is 2.76. The molecule has 1 aliphatic heterocycles. The third kappa shape index (κ3) is 3.70. The Balaban J connectivity index is 2.57. The molecule has 0 saturated carbocycles. The lowest BCUT2D eigenvalue weighted by Gasteiger charge is -2.29. The van der Waals surface area contributed by atoms with Crippen molar-refractivity contribution in [1.29, 1.82) is 0 Å². The van der Waals surface area contributed by atoms with Crippen LogP contribution in [0.3, 0.4) is 0 Å². The van der Waals surface area contributed by atoms with E-state index in [1.54, 1.807) is 0 Å². The monoisotopic (exact) mass is 240 g/mol. The first kappa shape index (κ1) is 14.5. The minimum Gasteiger partial charge on any atom is -0.341 e. The van der Waals surface area contributed by atoms with E-state index in [-0.39, 0.29) is 6.04 Å². The summed E-state index contributed by atoms with van der Waals surface area (Å²) in [7, 11) is 0. The number of nitrogens with one attached hydrogen (secondary N) is 1. The number of hydrogen-bond donors (Lipinski definition) is 1. The molecule has 17 heavy (non-hydrogen) atoms. The zero-order chi connectivity index (χ0) is 12.8. The Labute approximate surface area is 106 Å². The third-order valence-corrected chi connectivity index (χ3v) is 4.13. The van der Waals surface area contributed by atoms with Crippen LogP contribution in [0.2, 0.25) is 0 Å². The number of carbonyl (C=O) groups is 1. The molecule has 2 atom stereocenters. The smallest absolute Gasteiger partial charge is 0.239 e. The van der Waals surface area contributed by atoms with Gasteiger partial charge in [0.25, 0.3) is 0 Å². The highest BCUT2D eigenvalue weighted by Gasteiger charge is 2.32. The van der Waals surface area contributed by atoms with E-state index in [1.807, 2.05) is 4.90 Å². The summed E-state index contributed by atoms with van der Waals surface area (Å²) in [5.41, 5.74) is 0. The minimum atomic E-state index is 0.0595. The fourth-order valence-electron chi connectivity index (χ4n) is 2.60. The van der Waals surface area contributed by atoms with Gasteiger partial charge in [0.05, 0.1) is 6.04 Å². The van der Waals surface area contributed by atoms with Crippen molar-refractivity contribution in [3.05, 3.63) is 0 Å². The van der Waals surface area contributed by atoms with Gasteiger partial charge in [-0.15, -0.1) is 0 Å². The molecule has 1 N–H and O–H groups in total. The first-order chi connectivity index (χ1) is 8.13. The van der Waals surface area contributed by atoms with E-state index >= 15 is 0 Å². The molecular weight excluding hydrogens is 212 g/mol. The van der Waals surface area contributed by atoms with E-state index in [0.717, 1.165) is 38.9 Å². The maximum Gasteiger partial charge on any atom is 0.239 e. The molecule has 1 saturated heterocycles. The fourth-order valence-corrected chi connectivity index (χ4v) is 2.60. The largest absolute Gasteiger partial charge is 0.341 e. The highest BCUT2D eigenvalue weighted by atomic mass is 16.2. The van der Waals surface area contributed by atoms with E-state index in [4.69, 9.17) is 0 Å².